The van der Waals surface area contributed by atoms with Crippen molar-refractivity contribution in [3.63, 3.8) is 0 Å². The molecular formula is C16H23NO2. The van der Waals surface area contributed by atoms with Crippen LogP contribution in [0.4, 0.5) is 0 Å². The highest BCUT2D eigenvalue weighted by Crippen LogP contribution is 2.28. The van der Waals surface area contributed by atoms with Crippen LogP contribution in [0.1, 0.15) is 24.0 Å². The lowest BCUT2D eigenvalue weighted by Gasteiger charge is -2.16. The molecule has 104 valence electrons. The molecule has 3 heteroatoms. The van der Waals surface area contributed by atoms with Crippen LogP contribution in [0.3, 0.4) is 0 Å². The second kappa shape index (κ2) is 6.04. The molecule has 1 aromatic carbocycles. The molecule has 0 aliphatic heterocycles. The van der Waals surface area contributed by atoms with Crippen molar-refractivity contribution in [2.45, 2.75) is 37.8 Å². The summed E-state index contributed by atoms with van der Waals surface area (Å²) in [5.74, 6) is 0.768. The smallest absolute Gasteiger partial charge is 0.0897 e. The SMILES string of the molecule is OC(CNC1Cc2ccccc2C1)COCC1CC1. The van der Waals surface area contributed by atoms with E-state index in [0.29, 0.717) is 19.2 Å². The molecule has 1 aromatic rings. The number of aliphatic hydroxyl groups is 1. The summed E-state index contributed by atoms with van der Waals surface area (Å²) in [5, 5.41) is 13.3. The zero-order valence-electron chi connectivity index (χ0n) is 11.3. The Hall–Kier alpha value is -0.900. The van der Waals surface area contributed by atoms with Crippen LogP contribution in [0, 0.1) is 5.92 Å². The van der Waals surface area contributed by atoms with Gasteiger partial charge in [0.05, 0.1) is 12.7 Å². The van der Waals surface area contributed by atoms with Crippen LogP contribution in [0.5, 0.6) is 0 Å². The van der Waals surface area contributed by atoms with Gasteiger partial charge in [0.25, 0.3) is 0 Å². The molecule has 3 rings (SSSR count). The van der Waals surface area contributed by atoms with E-state index in [1.807, 2.05) is 0 Å². The van der Waals surface area contributed by atoms with Gasteiger partial charge in [0, 0.05) is 19.2 Å². The molecule has 3 nitrogen and oxygen atoms in total. The number of nitrogens with one attached hydrogen (secondary N) is 1. The van der Waals surface area contributed by atoms with E-state index in [1.54, 1.807) is 0 Å². The lowest BCUT2D eigenvalue weighted by molar-refractivity contribution is 0.0314. The van der Waals surface area contributed by atoms with Crippen molar-refractivity contribution in [3.8, 4) is 0 Å². The number of fused-ring (bicyclic) bond motifs is 1. The van der Waals surface area contributed by atoms with Crippen LogP contribution < -0.4 is 5.32 Å². The summed E-state index contributed by atoms with van der Waals surface area (Å²) in [5.41, 5.74) is 2.89. The first-order chi connectivity index (χ1) is 9.31. The Morgan fingerprint density at radius 2 is 1.89 bits per heavy atom. The van der Waals surface area contributed by atoms with Crippen LogP contribution in [0.2, 0.25) is 0 Å². The van der Waals surface area contributed by atoms with Crippen LogP contribution in [-0.4, -0.2) is 37.0 Å². The summed E-state index contributed by atoms with van der Waals surface area (Å²) in [6, 6.07) is 9.07. The Balaban J connectivity index is 1.34. The van der Waals surface area contributed by atoms with Crippen molar-refractivity contribution in [2.24, 2.45) is 5.92 Å². The van der Waals surface area contributed by atoms with E-state index < -0.39 is 0 Å². The molecule has 1 fully saturated rings. The van der Waals surface area contributed by atoms with E-state index in [0.717, 1.165) is 25.4 Å². The molecule has 0 radical (unpaired) electrons. The molecule has 1 atom stereocenters. The van der Waals surface area contributed by atoms with Gasteiger partial charge in [-0.1, -0.05) is 24.3 Å². The van der Waals surface area contributed by atoms with E-state index in [-0.39, 0.29) is 6.10 Å². The summed E-state index contributed by atoms with van der Waals surface area (Å²) in [6.07, 6.45) is 4.36. The maximum atomic E-state index is 9.87. The standard InChI is InChI=1S/C16H23NO2/c18-16(11-19-10-12-5-6-12)9-17-15-7-13-3-1-2-4-14(13)8-15/h1-4,12,15-18H,5-11H2. The maximum Gasteiger partial charge on any atom is 0.0897 e. The molecule has 0 heterocycles. The predicted octanol–water partition coefficient (Wildman–Crippen LogP) is 1.53. The van der Waals surface area contributed by atoms with E-state index in [9.17, 15) is 5.11 Å². The third-order valence-electron chi connectivity index (χ3n) is 4.05. The van der Waals surface area contributed by atoms with Crippen molar-refractivity contribution >= 4 is 0 Å². The Kier molecular flexibility index (Phi) is 4.16. The lowest BCUT2D eigenvalue weighted by Crippen LogP contribution is -2.38. The first-order valence-electron chi connectivity index (χ1n) is 7.37. The van der Waals surface area contributed by atoms with Gasteiger partial charge in [0.15, 0.2) is 0 Å². The highest BCUT2D eigenvalue weighted by molar-refractivity contribution is 5.33. The summed E-state index contributed by atoms with van der Waals surface area (Å²) in [4.78, 5) is 0. The molecule has 0 amide bonds. The second-order valence-electron chi connectivity index (χ2n) is 5.92. The van der Waals surface area contributed by atoms with Crippen molar-refractivity contribution < 1.29 is 9.84 Å². The Morgan fingerprint density at radius 1 is 1.21 bits per heavy atom. The van der Waals surface area contributed by atoms with Crippen LogP contribution in [-0.2, 0) is 17.6 Å². The van der Waals surface area contributed by atoms with E-state index in [1.165, 1.54) is 24.0 Å². The number of hydrogen-bond acceptors (Lipinski definition) is 3. The number of rotatable bonds is 7. The van der Waals surface area contributed by atoms with E-state index in [4.69, 9.17) is 4.74 Å². The Bertz CT molecular complexity index is 392. The number of aliphatic hydroxyl groups excluding tert-OH is 1. The Labute approximate surface area is 115 Å². The van der Waals surface area contributed by atoms with Crippen molar-refractivity contribution in [3.05, 3.63) is 35.4 Å². The molecule has 2 aliphatic rings. The summed E-state index contributed by atoms with van der Waals surface area (Å²) < 4.78 is 5.51. The van der Waals surface area contributed by atoms with Gasteiger partial charge in [-0.2, -0.15) is 0 Å². The molecule has 2 N–H and O–H groups in total. The molecule has 0 saturated heterocycles. The maximum absolute atomic E-state index is 9.87. The van der Waals surface area contributed by atoms with Gasteiger partial charge in [-0.15, -0.1) is 0 Å². The molecule has 19 heavy (non-hydrogen) atoms. The summed E-state index contributed by atoms with van der Waals surface area (Å²) >= 11 is 0. The van der Waals surface area contributed by atoms with Crippen molar-refractivity contribution in [1.29, 1.82) is 0 Å². The minimum Gasteiger partial charge on any atom is -0.389 e. The minimum absolute atomic E-state index is 0.387. The Morgan fingerprint density at radius 3 is 2.53 bits per heavy atom. The van der Waals surface area contributed by atoms with Gasteiger partial charge in [0.2, 0.25) is 0 Å². The van der Waals surface area contributed by atoms with E-state index >= 15 is 0 Å². The normalized spacial score (nSPS) is 20.5. The van der Waals surface area contributed by atoms with Gasteiger partial charge < -0.3 is 15.2 Å². The molecule has 1 unspecified atom stereocenters. The highest BCUT2D eigenvalue weighted by atomic mass is 16.5. The lowest BCUT2D eigenvalue weighted by atomic mass is 10.1. The predicted molar refractivity (Wildman–Crippen MR) is 75.2 cm³/mol. The van der Waals surface area contributed by atoms with Crippen LogP contribution >= 0.6 is 0 Å². The van der Waals surface area contributed by atoms with Gasteiger partial charge in [-0.25, -0.2) is 0 Å². The second-order valence-corrected chi connectivity index (χ2v) is 5.92. The fourth-order valence-corrected chi connectivity index (χ4v) is 2.72. The van der Waals surface area contributed by atoms with Gasteiger partial charge in [0.1, 0.15) is 0 Å². The molecule has 1 saturated carbocycles. The summed E-state index contributed by atoms with van der Waals surface area (Å²) in [6.45, 7) is 1.92. The average molecular weight is 261 g/mol. The van der Waals surface area contributed by atoms with Crippen molar-refractivity contribution in [2.75, 3.05) is 19.8 Å². The first kappa shape index (κ1) is 13.1. The fourth-order valence-electron chi connectivity index (χ4n) is 2.72. The van der Waals surface area contributed by atoms with Gasteiger partial charge in [-0.3, -0.25) is 0 Å². The molecule has 0 spiro atoms. The zero-order chi connectivity index (χ0) is 13.1. The fraction of sp³-hybridized carbons (Fsp3) is 0.625. The first-order valence-corrected chi connectivity index (χ1v) is 7.37. The number of ether oxygens (including phenoxy) is 1. The molecule has 0 bridgehead atoms. The number of hydrogen-bond donors (Lipinski definition) is 2. The van der Waals surface area contributed by atoms with Gasteiger partial charge >= 0.3 is 0 Å². The monoisotopic (exact) mass is 261 g/mol. The zero-order valence-corrected chi connectivity index (χ0v) is 11.3. The van der Waals surface area contributed by atoms with Crippen LogP contribution in [0.15, 0.2) is 24.3 Å². The molecule has 0 aromatic heterocycles. The summed E-state index contributed by atoms with van der Waals surface area (Å²) in [7, 11) is 0. The highest BCUT2D eigenvalue weighted by Gasteiger charge is 2.23. The quantitative estimate of drug-likeness (QED) is 0.782. The molecule has 2 aliphatic carbocycles. The number of benzene rings is 1. The largest absolute Gasteiger partial charge is 0.389 e. The molecular weight excluding hydrogens is 238 g/mol. The third kappa shape index (κ3) is 3.78. The average Bonchev–Trinajstić information content (AvgIpc) is 3.14. The minimum atomic E-state index is -0.387. The third-order valence-corrected chi connectivity index (χ3v) is 4.05. The van der Waals surface area contributed by atoms with E-state index in [2.05, 4.69) is 29.6 Å². The van der Waals surface area contributed by atoms with Gasteiger partial charge in [-0.05, 0) is 42.7 Å². The topological polar surface area (TPSA) is 41.5 Å². The van der Waals surface area contributed by atoms with Crippen LogP contribution in [0.25, 0.3) is 0 Å². The van der Waals surface area contributed by atoms with Crippen molar-refractivity contribution in [1.82, 2.24) is 5.32 Å².